The maximum absolute atomic E-state index is 10.6. The molecule has 0 amide bonds. The molecule has 2 aliphatic carbocycles. The lowest BCUT2D eigenvalue weighted by Crippen LogP contribution is -2.35. The highest BCUT2D eigenvalue weighted by Gasteiger charge is 2.41. The first-order valence-electron chi connectivity index (χ1n) is 11.8. The van der Waals surface area contributed by atoms with Gasteiger partial charge in [-0.3, -0.25) is 0 Å². The molecule has 180 valence electrons. The third-order valence-electron chi connectivity index (χ3n) is 6.68. The molecule has 1 unspecified atom stereocenters. The lowest BCUT2D eigenvalue weighted by atomic mass is 10.1. The second kappa shape index (κ2) is 9.65. The molecule has 34 heavy (non-hydrogen) atoms. The Morgan fingerprint density at radius 3 is 2.59 bits per heavy atom. The summed E-state index contributed by atoms with van der Waals surface area (Å²) in [4.78, 5) is 9.36. The van der Waals surface area contributed by atoms with Gasteiger partial charge in [0.1, 0.15) is 17.6 Å². The zero-order valence-corrected chi connectivity index (χ0v) is 19.2. The van der Waals surface area contributed by atoms with Crippen LogP contribution in [0, 0.1) is 18.8 Å². The summed E-state index contributed by atoms with van der Waals surface area (Å²) in [5.41, 5.74) is 3.17. The quantitative estimate of drug-likeness (QED) is 0.317. The van der Waals surface area contributed by atoms with Gasteiger partial charge in [-0.2, -0.15) is 4.98 Å². The molecule has 10 heteroatoms. The van der Waals surface area contributed by atoms with Crippen molar-refractivity contribution in [2.24, 2.45) is 11.8 Å². The highest BCUT2D eigenvalue weighted by Crippen LogP contribution is 2.34. The fourth-order valence-electron chi connectivity index (χ4n) is 4.51. The van der Waals surface area contributed by atoms with Gasteiger partial charge in [-0.25, -0.2) is 9.67 Å². The van der Waals surface area contributed by atoms with Gasteiger partial charge in [0.2, 0.25) is 5.95 Å². The molecule has 0 bridgehead atoms. The van der Waals surface area contributed by atoms with E-state index in [1.807, 2.05) is 43.5 Å². The van der Waals surface area contributed by atoms with E-state index in [1.54, 1.807) is 4.68 Å². The van der Waals surface area contributed by atoms with Crippen LogP contribution in [0.3, 0.4) is 0 Å². The molecule has 2 saturated carbocycles. The minimum atomic E-state index is -1.02. The van der Waals surface area contributed by atoms with Crippen molar-refractivity contribution in [1.29, 1.82) is 0 Å². The predicted molar refractivity (Wildman–Crippen MR) is 127 cm³/mol. The van der Waals surface area contributed by atoms with E-state index in [0.29, 0.717) is 41.9 Å². The van der Waals surface area contributed by atoms with Crippen molar-refractivity contribution < 1.29 is 15.3 Å². The van der Waals surface area contributed by atoms with E-state index in [2.05, 4.69) is 25.9 Å². The molecular weight excluding hydrogens is 434 g/mol. The third-order valence-corrected chi connectivity index (χ3v) is 6.68. The lowest BCUT2D eigenvalue weighted by molar-refractivity contribution is 0.00446. The summed E-state index contributed by atoms with van der Waals surface area (Å²) in [7, 11) is 0. The number of aromatic nitrogens is 5. The van der Waals surface area contributed by atoms with Crippen LogP contribution < -0.4 is 10.6 Å². The Kier molecular flexibility index (Phi) is 6.44. The fraction of sp³-hybridized carbons (Fsp3) is 0.500. The van der Waals surface area contributed by atoms with Crippen LogP contribution in [0.2, 0.25) is 0 Å². The number of rotatable bonds is 9. The predicted octanol–water partition coefficient (Wildman–Crippen LogP) is 1.43. The van der Waals surface area contributed by atoms with Crippen LogP contribution in [0.5, 0.6) is 0 Å². The number of aryl methyl sites for hydroxylation is 1. The maximum atomic E-state index is 10.6. The van der Waals surface area contributed by atoms with E-state index in [1.165, 1.54) is 12.8 Å². The molecule has 5 N–H and O–H groups in total. The van der Waals surface area contributed by atoms with Crippen LogP contribution >= 0.6 is 0 Å². The summed E-state index contributed by atoms with van der Waals surface area (Å²) in [5, 5.41) is 45.7. The molecule has 2 aromatic heterocycles. The van der Waals surface area contributed by atoms with Gasteiger partial charge in [0.05, 0.1) is 36.1 Å². The number of nitrogens with zero attached hydrogens (tertiary/aromatic N) is 5. The number of anilines is 2. The van der Waals surface area contributed by atoms with Crippen molar-refractivity contribution in [1.82, 2.24) is 25.0 Å². The SMILES string of the molecule is Cc1nc(NCC2CC2)nc(NC2C[C@H](CO)[C@@H](O)[C@H]2O)c1-c1cn(Cc2ccccc2)nn1. The maximum Gasteiger partial charge on any atom is 0.224 e. The lowest BCUT2D eigenvalue weighted by Gasteiger charge is -2.21. The Labute approximate surface area is 198 Å². The van der Waals surface area contributed by atoms with Crippen molar-refractivity contribution in [2.75, 3.05) is 23.8 Å². The van der Waals surface area contributed by atoms with Gasteiger partial charge in [0, 0.05) is 19.1 Å². The number of hydrogen-bond acceptors (Lipinski definition) is 9. The zero-order chi connectivity index (χ0) is 23.7. The van der Waals surface area contributed by atoms with Gasteiger partial charge in [0.15, 0.2) is 0 Å². The molecule has 2 heterocycles. The van der Waals surface area contributed by atoms with Gasteiger partial charge in [-0.05, 0) is 37.7 Å². The topological polar surface area (TPSA) is 141 Å². The summed E-state index contributed by atoms with van der Waals surface area (Å²) >= 11 is 0. The summed E-state index contributed by atoms with van der Waals surface area (Å²) < 4.78 is 1.77. The molecular formula is C24H31N7O3. The summed E-state index contributed by atoms with van der Waals surface area (Å²) in [6.07, 6.45) is 2.71. The van der Waals surface area contributed by atoms with E-state index in [4.69, 9.17) is 4.98 Å². The Balaban J connectivity index is 1.44. The van der Waals surface area contributed by atoms with Crippen LogP contribution in [-0.2, 0) is 6.54 Å². The van der Waals surface area contributed by atoms with Crippen molar-refractivity contribution in [3.63, 3.8) is 0 Å². The molecule has 0 aliphatic heterocycles. The van der Waals surface area contributed by atoms with Crippen LogP contribution in [0.4, 0.5) is 11.8 Å². The van der Waals surface area contributed by atoms with Gasteiger partial charge < -0.3 is 26.0 Å². The van der Waals surface area contributed by atoms with Crippen LogP contribution in [0.15, 0.2) is 36.5 Å². The van der Waals surface area contributed by atoms with E-state index in [-0.39, 0.29) is 6.61 Å². The average Bonchev–Trinajstić information content (AvgIpc) is 3.50. The molecule has 0 saturated heterocycles. The van der Waals surface area contributed by atoms with Crippen molar-refractivity contribution in [2.45, 2.75) is 51.0 Å². The normalized spacial score (nSPS) is 24.4. The van der Waals surface area contributed by atoms with Gasteiger partial charge in [0.25, 0.3) is 0 Å². The molecule has 0 radical (unpaired) electrons. The molecule has 10 nitrogen and oxygen atoms in total. The number of aliphatic hydroxyl groups excluding tert-OH is 3. The largest absolute Gasteiger partial charge is 0.396 e. The van der Waals surface area contributed by atoms with Gasteiger partial charge in [-0.15, -0.1) is 5.10 Å². The Morgan fingerprint density at radius 1 is 1.09 bits per heavy atom. The summed E-state index contributed by atoms with van der Waals surface area (Å²) in [6, 6.07) is 9.56. The fourth-order valence-corrected chi connectivity index (χ4v) is 4.51. The minimum absolute atomic E-state index is 0.186. The Bertz CT molecular complexity index is 1120. The Hall–Kier alpha value is -3.08. The average molecular weight is 466 g/mol. The molecule has 2 fully saturated rings. The summed E-state index contributed by atoms with van der Waals surface area (Å²) in [5.74, 6) is 1.31. The van der Waals surface area contributed by atoms with Gasteiger partial charge in [-0.1, -0.05) is 35.5 Å². The molecule has 3 aromatic rings. The highest BCUT2D eigenvalue weighted by atomic mass is 16.3. The van der Waals surface area contributed by atoms with Crippen LogP contribution in [0.25, 0.3) is 11.3 Å². The van der Waals surface area contributed by atoms with Crippen molar-refractivity contribution >= 4 is 11.8 Å². The van der Waals surface area contributed by atoms with E-state index in [0.717, 1.165) is 17.8 Å². The standard InChI is InChI=1S/C24H31N7O3/c1-14-20(19-12-31(30-29-19)11-16-5-3-2-4-6-16)23(28-24(26-14)25-10-15-7-8-15)27-18-9-17(13-32)21(33)22(18)34/h2-6,12,15,17-18,21-22,32-34H,7-11,13H2,1H3,(H2,25,26,27,28)/t17-,18?,21-,22+/m1/s1. The summed E-state index contributed by atoms with van der Waals surface area (Å²) in [6.45, 7) is 3.12. The minimum Gasteiger partial charge on any atom is -0.396 e. The number of hydrogen-bond donors (Lipinski definition) is 5. The number of benzene rings is 1. The van der Waals surface area contributed by atoms with Crippen LogP contribution in [0.1, 0.15) is 30.5 Å². The molecule has 1 aromatic carbocycles. The number of nitrogens with one attached hydrogen (secondary N) is 2. The molecule has 0 spiro atoms. The third kappa shape index (κ3) is 4.89. The number of aliphatic hydroxyl groups is 3. The van der Waals surface area contributed by atoms with E-state index >= 15 is 0 Å². The highest BCUT2D eigenvalue weighted by molar-refractivity contribution is 5.75. The molecule has 4 atom stereocenters. The first-order chi connectivity index (χ1) is 16.5. The van der Waals surface area contributed by atoms with E-state index in [9.17, 15) is 15.3 Å². The van der Waals surface area contributed by atoms with Crippen molar-refractivity contribution in [3.8, 4) is 11.3 Å². The second-order valence-electron chi connectivity index (χ2n) is 9.38. The smallest absolute Gasteiger partial charge is 0.224 e. The van der Waals surface area contributed by atoms with Gasteiger partial charge >= 0.3 is 0 Å². The molecule has 5 rings (SSSR count). The van der Waals surface area contributed by atoms with E-state index < -0.39 is 24.2 Å². The first-order valence-corrected chi connectivity index (χ1v) is 11.8. The van der Waals surface area contributed by atoms with Crippen LogP contribution in [-0.4, -0.2) is 71.7 Å². The van der Waals surface area contributed by atoms with Crippen molar-refractivity contribution in [3.05, 3.63) is 47.8 Å². The zero-order valence-electron chi connectivity index (χ0n) is 19.2. The molecule has 2 aliphatic rings. The Morgan fingerprint density at radius 2 is 1.88 bits per heavy atom. The monoisotopic (exact) mass is 465 g/mol. The second-order valence-corrected chi connectivity index (χ2v) is 9.38. The first kappa shape index (κ1) is 22.7.